The molecule has 1 rings (SSSR count). The van der Waals surface area contributed by atoms with Crippen LogP contribution in [0.3, 0.4) is 0 Å². The molecule has 0 saturated heterocycles. The van der Waals surface area contributed by atoms with Crippen molar-refractivity contribution in [3.8, 4) is 0 Å². The lowest BCUT2D eigenvalue weighted by Gasteiger charge is -2.19. The molecule has 1 heterocycles. The van der Waals surface area contributed by atoms with Crippen LogP contribution in [0.1, 0.15) is 37.7 Å². The standard InChI is InChI=1S/C10H19N3OS/c1-5-14-7-9-13-12-8(15-9)6-11-10(2,3)4/h11H,5-7H2,1-4H3. The zero-order valence-corrected chi connectivity index (χ0v) is 10.6. The lowest BCUT2D eigenvalue weighted by Crippen LogP contribution is -2.35. The van der Waals surface area contributed by atoms with Gasteiger partial charge in [0.05, 0.1) is 6.54 Å². The summed E-state index contributed by atoms with van der Waals surface area (Å²) in [4.78, 5) is 0. The third-order valence-electron chi connectivity index (χ3n) is 1.71. The van der Waals surface area contributed by atoms with Gasteiger partial charge in [-0.05, 0) is 27.7 Å². The van der Waals surface area contributed by atoms with Gasteiger partial charge in [0, 0.05) is 12.1 Å². The Hall–Kier alpha value is -0.520. The van der Waals surface area contributed by atoms with Crippen molar-refractivity contribution in [2.75, 3.05) is 6.61 Å². The fourth-order valence-electron chi connectivity index (χ4n) is 0.948. The van der Waals surface area contributed by atoms with Crippen molar-refractivity contribution in [1.29, 1.82) is 0 Å². The Morgan fingerprint density at radius 3 is 2.53 bits per heavy atom. The first-order valence-electron chi connectivity index (χ1n) is 5.15. The molecular formula is C10H19N3OS. The van der Waals surface area contributed by atoms with Crippen LogP contribution in [0.25, 0.3) is 0 Å². The summed E-state index contributed by atoms with van der Waals surface area (Å²) < 4.78 is 5.27. The summed E-state index contributed by atoms with van der Waals surface area (Å²) in [5.74, 6) is 0. The third kappa shape index (κ3) is 5.20. The summed E-state index contributed by atoms with van der Waals surface area (Å²) >= 11 is 1.60. The van der Waals surface area contributed by atoms with Gasteiger partial charge in [0.2, 0.25) is 0 Å². The van der Waals surface area contributed by atoms with E-state index >= 15 is 0 Å². The molecule has 0 aliphatic heterocycles. The highest BCUT2D eigenvalue weighted by Gasteiger charge is 2.10. The molecule has 15 heavy (non-hydrogen) atoms. The van der Waals surface area contributed by atoms with Crippen LogP contribution in [-0.4, -0.2) is 22.3 Å². The van der Waals surface area contributed by atoms with Crippen molar-refractivity contribution in [2.45, 2.75) is 46.4 Å². The summed E-state index contributed by atoms with van der Waals surface area (Å²) in [6.07, 6.45) is 0. The average molecular weight is 229 g/mol. The molecule has 1 aromatic heterocycles. The maximum absolute atomic E-state index is 5.27. The highest BCUT2D eigenvalue weighted by molar-refractivity contribution is 7.11. The summed E-state index contributed by atoms with van der Waals surface area (Å²) in [5.41, 5.74) is 0.117. The van der Waals surface area contributed by atoms with Gasteiger partial charge >= 0.3 is 0 Å². The molecule has 0 radical (unpaired) electrons. The predicted octanol–water partition coefficient (Wildman–Crippen LogP) is 1.96. The predicted molar refractivity (Wildman–Crippen MR) is 61.8 cm³/mol. The van der Waals surface area contributed by atoms with Gasteiger partial charge in [-0.2, -0.15) is 0 Å². The van der Waals surface area contributed by atoms with E-state index in [1.165, 1.54) is 0 Å². The van der Waals surface area contributed by atoms with Crippen LogP contribution in [0.4, 0.5) is 0 Å². The molecule has 0 unspecified atom stereocenters. The van der Waals surface area contributed by atoms with Gasteiger partial charge in [0.25, 0.3) is 0 Å². The first-order chi connectivity index (χ1) is 7.01. The molecule has 1 N–H and O–H groups in total. The van der Waals surface area contributed by atoms with Gasteiger partial charge in [-0.25, -0.2) is 0 Å². The highest BCUT2D eigenvalue weighted by atomic mass is 32.1. The number of hydrogen-bond donors (Lipinski definition) is 1. The Balaban J connectivity index is 2.39. The Morgan fingerprint density at radius 1 is 1.27 bits per heavy atom. The van der Waals surface area contributed by atoms with Crippen molar-refractivity contribution in [2.24, 2.45) is 0 Å². The van der Waals surface area contributed by atoms with Crippen molar-refractivity contribution in [1.82, 2.24) is 15.5 Å². The Bertz CT molecular complexity index is 293. The minimum atomic E-state index is 0.117. The van der Waals surface area contributed by atoms with Crippen LogP contribution in [0.2, 0.25) is 0 Å². The van der Waals surface area contributed by atoms with Gasteiger partial charge < -0.3 is 10.1 Å². The van der Waals surface area contributed by atoms with Gasteiger partial charge in [-0.3, -0.25) is 0 Å². The Kier molecular flexibility index (Phi) is 4.63. The second kappa shape index (κ2) is 5.53. The molecule has 0 fully saturated rings. The topological polar surface area (TPSA) is 47.0 Å². The number of nitrogens with zero attached hydrogens (tertiary/aromatic N) is 2. The van der Waals surface area contributed by atoms with Gasteiger partial charge in [0.15, 0.2) is 0 Å². The second-order valence-electron chi connectivity index (χ2n) is 4.33. The average Bonchev–Trinajstić information content (AvgIpc) is 2.58. The molecule has 1 aromatic rings. The molecule has 0 spiro atoms. The minimum absolute atomic E-state index is 0.117. The van der Waals surface area contributed by atoms with E-state index < -0.39 is 0 Å². The zero-order valence-electron chi connectivity index (χ0n) is 9.83. The first kappa shape index (κ1) is 12.5. The van der Waals surface area contributed by atoms with E-state index in [0.29, 0.717) is 6.61 Å². The highest BCUT2D eigenvalue weighted by Crippen LogP contribution is 2.11. The molecule has 5 heteroatoms. The lowest BCUT2D eigenvalue weighted by atomic mass is 10.1. The van der Waals surface area contributed by atoms with E-state index in [-0.39, 0.29) is 5.54 Å². The van der Waals surface area contributed by atoms with E-state index in [1.54, 1.807) is 11.3 Å². The quantitative estimate of drug-likeness (QED) is 0.838. The van der Waals surface area contributed by atoms with Crippen molar-refractivity contribution >= 4 is 11.3 Å². The molecule has 0 aliphatic carbocycles. The molecule has 0 atom stereocenters. The van der Waals surface area contributed by atoms with E-state index in [4.69, 9.17) is 4.74 Å². The molecule has 86 valence electrons. The maximum atomic E-state index is 5.27. The number of rotatable bonds is 5. The van der Waals surface area contributed by atoms with Gasteiger partial charge in [-0.15, -0.1) is 10.2 Å². The fourth-order valence-corrected chi connectivity index (χ4v) is 1.67. The minimum Gasteiger partial charge on any atom is -0.374 e. The molecule has 4 nitrogen and oxygen atoms in total. The summed E-state index contributed by atoms with van der Waals surface area (Å²) in [5, 5.41) is 13.5. The second-order valence-corrected chi connectivity index (χ2v) is 5.48. The third-order valence-corrected chi connectivity index (χ3v) is 2.61. The fraction of sp³-hybridized carbons (Fsp3) is 0.800. The van der Waals surface area contributed by atoms with Crippen molar-refractivity contribution in [3.05, 3.63) is 10.0 Å². The van der Waals surface area contributed by atoms with E-state index in [2.05, 4.69) is 36.3 Å². The number of hydrogen-bond acceptors (Lipinski definition) is 5. The molecule has 0 aliphatic rings. The van der Waals surface area contributed by atoms with E-state index in [1.807, 2.05) is 6.92 Å². The van der Waals surface area contributed by atoms with Crippen LogP contribution in [0.5, 0.6) is 0 Å². The summed E-state index contributed by atoms with van der Waals surface area (Å²) in [6.45, 7) is 10.4. The normalized spacial score (nSPS) is 12.0. The number of nitrogens with one attached hydrogen (secondary N) is 1. The van der Waals surface area contributed by atoms with Crippen LogP contribution >= 0.6 is 11.3 Å². The van der Waals surface area contributed by atoms with Crippen LogP contribution in [0.15, 0.2) is 0 Å². The summed E-state index contributed by atoms with van der Waals surface area (Å²) in [7, 11) is 0. The van der Waals surface area contributed by atoms with Gasteiger partial charge in [-0.1, -0.05) is 11.3 Å². The molecular weight excluding hydrogens is 210 g/mol. The molecule has 0 saturated carbocycles. The lowest BCUT2D eigenvalue weighted by molar-refractivity contribution is 0.133. The summed E-state index contributed by atoms with van der Waals surface area (Å²) in [6, 6.07) is 0. The molecule has 0 amide bonds. The number of ether oxygens (including phenoxy) is 1. The monoisotopic (exact) mass is 229 g/mol. The van der Waals surface area contributed by atoms with Gasteiger partial charge in [0.1, 0.15) is 16.6 Å². The first-order valence-corrected chi connectivity index (χ1v) is 5.97. The Labute approximate surface area is 95.1 Å². The van der Waals surface area contributed by atoms with Crippen molar-refractivity contribution in [3.63, 3.8) is 0 Å². The Morgan fingerprint density at radius 2 is 1.93 bits per heavy atom. The zero-order chi connectivity index (χ0) is 11.3. The smallest absolute Gasteiger partial charge is 0.143 e. The molecule has 0 bridgehead atoms. The van der Waals surface area contributed by atoms with E-state index in [0.717, 1.165) is 23.2 Å². The van der Waals surface area contributed by atoms with Crippen LogP contribution in [0, 0.1) is 0 Å². The van der Waals surface area contributed by atoms with E-state index in [9.17, 15) is 0 Å². The number of aromatic nitrogens is 2. The van der Waals surface area contributed by atoms with Crippen molar-refractivity contribution < 1.29 is 4.74 Å². The molecule has 0 aromatic carbocycles. The van der Waals surface area contributed by atoms with Crippen LogP contribution in [-0.2, 0) is 17.9 Å². The largest absolute Gasteiger partial charge is 0.374 e. The SMILES string of the molecule is CCOCc1nnc(CNC(C)(C)C)s1. The maximum Gasteiger partial charge on any atom is 0.143 e. The van der Waals surface area contributed by atoms with Crippen LogP contribution < -0.4 is 5.32 Å².